The number of aromatic nitrogens is 2. The number of nitrogens with zero attached hydrogens (tertiary/aromatic N) is 2. The number of fused-ring (bicyclic) bond motifs is 1. The molecule has 0 bridgehead atoms. The molecule has 0 saturated carbocycles. The number of hydrogen-bond acceptors (Lipinski definition) is 2. The molecule has 4 rings (SSSR count). The van der Waals surface area contributed by atoms with Gasteiger partial charge in [0, 0.05) is 11.1 Å². The van der Waals surface area contributed by atoms with E-state index >= 15 is 0 Å². The predicted molar refractivity (Wildman–Crippen MR) is 105 cm³/mol. The molecule has 1 aromatic heterocycles. The van der Waals surface area contributed by atoms with Crippen LogP contribution in [0.25, 0.3) is 33.5 Å². The van der Waals surface area contributed by atoms with Crippen LogP contribution in [0.15, 0.2) is 66.7 Å². The van der Waals surface area contributed by atoms with Gasteiger partial charge in [0.15, 0.2) is 0 Å². The molecular formula is C22H17ClN2. The van der Waals surface area contributed by atoms with Gasteiger partial charge in [-0.1, -0.05) is 77.3 Å². The van der Waals surface area contributed by atoms with Gasteiger partial charge >= 0.3 is 0 Å². The van der Waals surface area contributed by atoms with E-state index in [0.717, 1.165) is 33.5 Å². The monoisotopic (exact) mass is 344 g/mol. The Bertz CT molecular complexity index is 1050. The minimum Gasteiger partial charge on any atom is -0.244 e. The normalized spacial score (nSPS) is 11.0. The highest BCUT2D eigenvalue weighted by Gasteiger charge is 2.14. The molecule has 4 aromatic rings. The van der Waals surface area contributed by atoms with E-state index in [0.29, 0.717) is 5.02 Å². The van der Waals surface area contributed by atoms with Crippen molar-refractivity contribution in [2.75, 3.05) is 0 Å². The summed E-state index contributed by atoms with van der Waals surface area (Å²) in [4.78, 5) is 9.77. The Morgan fingerprint density at radius 3 is 1.72 bits per heavy atom. The molecule has 1 heterocycles. The van der Waals surface area contributed by atoms with Crippen molar-refractivity contribution >= 4 is 22.6 Å². The van der Waals surface area contributed by atoms with Gasteiger partial charge in [-0.05, 0) is 26.0 Å². The van der Waals surface area contributed by atoms with Crippen LogP contribution in [0.3, 0.4) is 0 Å². The van der Waals surface area contributed by atoms with E-state index in [4.69, 9.17) is 21.6 Å². The number of halogens is 1. The van der Waals surface area contributed by atoms with Crippen molar-refractivity contribution in [2.45, 2.75) is 13.8 Å². The highest BCUT2D eigenvalue weighted by molar-refractivity contribution is 6.34. The molecule has 0 N–H and O–H groups in total. The van der Waals surface area contributed by atoms with E-state index in [1.54, 1.807) is 0 Å². The summed E-state index contributed by atoms with van der Waals surface area (Å²) in [6.07, 6.45) is 0. The molecule has 0 unspecified atom stereocenters. The maximum absolute atomic E-state index is 6.36. The fourth-order valence-electron chi connectivity index (χ4n) is 2.87. The van der Waals surface area contributed by atoms with Gasteiger partial charge in [0.25, 0.3) is 0 Å². The first kappa shape index (κ1) is 15.8. The van der Waals surface area contributed by atoms with Crippen molar-refractivity contribution in [3.8, 4) is 22.5 Å². The zero-order valence-electron chi connectivity index (χ0n) is 14.1. The third-order valence-corrected chi connectivity index (χ3v) is 4.60. The summed E-state index contributed by atoms with van der Waals surface area (Å²) in [5.74, 6) is 0. The van der Waals surface area contributed by atoms with Crippen LogP contribution in [0, 0.1) is 13.8 Å². The lowest BCUT2D eigenvalue weighted by Crippen LogP contribution is -1.96. The molecule has 0 spiro atoms. The predicted octanol–water partition coefficient (Wildman–Crippen LogP) is 6.23. The summed E-state index contributed by atoms with van der Waals surface area (Å²) in [5.41, 5.74) is 7.79. The molecular weight excluding hydrogens is 328 g/mol. The van der Waals surface area contributed by atoms with Gasteiger partial charge in [0.05, 0.1) is 21.9 Å². The van der Waals surface area contributed by atoms with E-state index in [1.807, 2.05) is 18.2 Å². The van der Waals surface area contributed by atoms with Gasteiger partial charge < -0.3 is 0 Å². The highest BCUT2D eigenvalue weighted by Crippen LogP contribution is 2.33. The number of hydrogen-bond donors (Lipinski definition) is 0. The second-order valence-corrected chi connectivity index (χ2v) is 6.67. The molecule has 122 valence electrons. The molecule has 0 amide bonds. The van der Waals surface area contributed by atoms with Gasteiger partial charge in [0.2, 0.25) is 0 Å². The molecule has 0 saturated heterocycles. The number of benzene rings is 3. The Morgan fingerprint density at radius 2 is 1.16 bits per heavy atom. The molecule has 0 aliphatic heterocycles. The van der Waals surface area contributed by atoms with Crippen LogP contribution < -0.4 is 0 Å². The average molecular weight is 345 g/mol. The quantitative estimate of drug-likeness (QED) is 0.430. The molecule has 0 aliphatic rings. The fourth-order valence-corrected chi connectivity index (χ4v) is 3.08. The summed E-state index contributed by atoms with van der Waals surface area (Å²) >= 11 is 6.36. The van der Waals surface area contributed by atoms with Crippen LogP contribution in [0.2, 0.25) is 5.02 Å². The fraction of sp³-hybridized carbons (Fsp3) is 0.0909. The van der Waals surface area contributed by atoms with Gasteiger partial charge in [-0.2, -0.15) is 0 Å². The van der Waals surface area contributed by atoms with Crippen molar-refractivity contribution in [1.82, 2.24) is 9.97 Å². The first-order valence-electron chi connectivity index (χ1n) is 8.22. The van der Waals surface area contributed by atoms with Crippen LogP contribution in [-0.2, 0) is 0 Å². The van der Waals surface area contributed by atoms with Gasteiger partial charge in [-0.25, -0.2) is 9.97 Å². The Balaban J connectivity index is 2.03. The molecule has 3 aromatic carbocycles. The summed E-state index contributed by atoms with van der Waals surface area (Å²) in [6, 6.07) is 22.4. The van der Waals surface area contributed by atoms with Crippen molar-refractivity contribution in [1.29, 1.82) is 0 Å². The minimum atomic E-state index is 0.619. The molecule has 3 heteroatoms. The lowest BCUT2D eigenvalue weighted by atomic mass is 10.0. The zero-order chi connectivity index (χ0) is 17.4. The summed E-state index contributed by atoms with van der Waals surface area (Å²) in [7, 11) is 0. The van der Waals surface area contributed by atoms with Crippen LogP contribution in [0.5, 0.6) is 0 Å². The molecule has 0 aliphatic carbocycles. The van der Waals surface area contributed by atoms with Crippen molar-refractivity contribution in [3.05, 3.63) is 82.9 Å². The van der Waals surface area contributed by atoms with Crippen LogP contribution in [0.4, 0.5) is 0 Å². The SMILES string of the molecule is Cc1ccc(-c2nc3cccc(Cl)c3nc2-c2ccc(C)cc2)cc1. The number of rotatable bonds is 2. The first-order valence-corrected chi connectivity index (χ1v) is 8.60. The van der Waals surface area contributed by atoms with Crippen LogP contribution in [0.1, 0.15) is 11.1 Å². The maximum Gasteiger partial charge on any atom is 0.108 e. The minimum absolute atomic E-state index is 0.619. The third kappa shape index (κ3) is 3.01. The Morgan fingerprint density at radius 1 is 0.640 bits per heavy atom. The first-order chi connectivity index (χ1) is 12.1. The van der Waals surface area contributed by atoms with Crippen LogP contribution >= 0.6 is 11.6 Å². The van der Waals surface area contributed by atoms with Crippen molar-refractivity contribution in [3.63, 3.8) is 0 Å². The van der Waals surface area contributed by atoms with Gasteiger partial charge in [-0.15, -0.1) is 0 Å². The smallest absolute Gasteiger partial charge is 0.108 e. The van der Waals surface area contributed by atoms with E-state index in [2.05, 4.69) is 62.4 Å². The van der Waals surface area contributed by atoms with E-state index in [1.165, 1.54) is 11.1 Å². The highest BCUT2D eigenvalue weighted by atomic mass is 35.5. The molecule has 0 fully saturated rings. The Hall–Kier alpha value is -2.71. The summed E-state index contributed by atoms with van der Waals surface area (Å²) < 4.78 is 0. The molecule has 2 nitrogen and oxygen atoms in total. The largest absolute Gasteiger partial charge is 0.244 e. The summed E-state index contributed by atoms with van der Waals surface area (Å²) in [5, 5.41) is 0.619. The molecule has 0 radical (unpaired) electrons. The number of aryl methyl sites for hydroxylation is 2. The van der Waals surface area contributed by atoms with E-state index in [-0.39, 0.29) is 0 Å². The number of para-hydroxylation sites is 1. The second-order valence-electron chi connectivity index (χ2n) is 6.26. The average Bonchev–Trinajstić information content (AvgIpc) is 2.63. The lowest BCUT2D eigenvalue weighted by Gasteiger charge is -2.11. The molecule has 25 heavy (non-hydrogen) atoms. The second kappa shape index (κ2) is 6.30. The Kier molecular flexibility index (Phi) is 3.98. The third-order valence-electron chi connectivity index (χ3n) is 4.30. The lowest BCUT2D eigenvalue weighted by molar-refractivity contribution is 1.29. The van der Waals surface area contributed by atoms with Crippen molar-refractivity contribution < 1.29 is 0 Å². The van der Waals surface area contributed by atoms with Crippen molar-refractivity contribution in [2.24, 2.45) is 0 Å². The van der Waals surface area contributed by atoms with E-state index in [9.17, 15) is 0 Å². The van der Waals surface area contributed by atoms with E-state index < -0.39 is 0 Å². The van der Waals surface area contributed by atoms with Gasteiger partial charge in [-0.3, -0.25) is 0 Å². The Labute approximate surface area is 152 Å². The van der Waals surface area contributed by atoms with Crippen LogP contribution in [-0.4, -0.2) is 9.97 Å². The maximum atomic E-state index is 6.36. The van der Waals surface area contributed by atoms with Gasteiger partial charge in [0.1, 0.15) is 5.52 Å². The topological polar surface area (TPSA) is 25.8 Å². The summed E-state index contributed by atoms with van der Waals surface area (Å²) in [6.45, 7) is 4.16. The molecule has 0 atom stereocenters. The standard InChI is InChI=1S/C22H17ClN2/c1-14-6-10-16(11-7-14)20-21(17-12-8-15(2)9-13-17)25-22-18(23)4-3-5-19(22)24-20/h3-13H,1-2H3. The zero-order valence-corrected chi connectivity index (χ0v) is 14.9.